The molecular weight excluding hydrogens is 721 g/mol. The molecule has 54 heavy (non-hydrogen) atoms. The second-order valence-corrected chi connectivity index (χ2v) is 18.1. The zero-order valence-corrected chi connectivity index (χ0v) is 35.8. The maximum atomic E-state index is 6.13. The average Bonchev–Trinajstić information content (AvgIpc) is 3.17. The smallest absolute Gasteiger partial charge is 0.496 e. The molecule has 298 valence electrons. The maximum absolute atomic E-state index is 6.13. The van der Waals surface area contributed by atoms with Crippen molar-refractivity contribution in [2.45, 2.75) is 79.7 Å². The monoisotopic (exact) mass is 782 g/mol. The lowest BCUT2D eigenvalue weighted by Gasteiger charge is -2.28. The second-order valence-electron chi connectivity index (χ2n) is 12.7. The summed E-state index contributed by atoms with van der Waals surface area (Å²) >= 11 is 0. The normalized spacial score (nSPS) is 12.2. The minimum atomic E-state index is -2.68. The molecule has 0 bridgehead atoms. The molecule has 0 heterocycles. The SMILES string of the molecule is CCO[Si](CCCOCc1ccc2c(-c3c(OC)ccc4cc(COCCC[Si](OCC)(OCC)OCC)ccc34)c(OC)ccc2c1)(OCC)OCC. The molecule has 4 aromatic rings. The molecule has 0 fully saturated rings. The summed E-state index contributed by atoms with van der Waals surface area (Å²) in [5.41, 5.74) is 4.17. The van der Waals surface area contributed by atoms with Gasteiger partial charge in [-0.2, -0.15) is 0 Å². The van der Waals surface area contributed by atoms with Gasteiger partial charge in [-0.05, 0) is 111 Å². The summed E-state index contributed by atoms with van der Waals surface area (Å²) in [6.07, 6.45) is 1.60. The lowest BCUT2D eigenvalue weighted by atomic mass is 9.91. The zero-order chi connectivity index (χ0) is 38.8. The van der Waals surface area contributed by atoms with Crippen molar-refractivity contribution in [2.75, 3.05) is 67.1 Å². The van der Waals surface area contributed by atoms with E-state index < -0.39 is 17.6 Å². The number of hydrogen-bond donors (Lipinski definition) is 0. The highest BCUT2D eigenvalue weighted by molar-refractivity contribution is 6.61. The van der Waals surface area contributed by atoms with Crippen LogP contribution in [0.1, 0.15) is 65.5 Å². The van der Waals surface area contributed by atoms with E-state index >= 15 is 0 Å². The highest BCUT2D eigenvalue weighted by Gasteiger charge is 2.40. The highest BCUT2D eigenvalue weighted by atomic mass is 28.4. The number of rotatable bonds is 27. The van der Waals surface area contributed by atoms with Crippen LogP contribution in [-0.4, -0.2) is 84.7 Å². The summed E-state index contributed by atoms with van der Waals surface area (Å²) in [7, 11) is -1.94. The molecule has 0 saturated carbocycles. The first-order valence-corrected chi connectivity index (χ1v) is 23.4. The summed E-state index contributed by atoms with van der Waals surface area (Å²) < 4.78 is 60.2. The van der Waals surface area contributed by atoms with Gasteiger partial charge in [0.2, 0.25) is 0 Å². The van der Waals surface area contributed by atoms with Gasteiger partial charge in [0.1, 0.15) is 11.5 Å². The number of ether oxygens (including phenoxy) is 4. The van der Waals surface area contributed by atoms with Crippen LogP contribution in [-0.2, 0) is 49.2 Å². The highest BCUT2D eigenvalue weighted by Crippen LogP contribution is 2.45. The largest absolute Gasteiger partial charge is 0.501 e. The maximum Gasteiger partial charge on any atom is 0.501 e. The zero-order valence-electron chi connectivity index (χ0n) is 33.8. The molecule has 0 aliphatic rings. The first-order chi connectivity index (χ1) is 26.4. The Morgan fingerprint density at radius 3 is 1.11 bits per heavy atom. The Kier molecular flexibility index (Phi) is 18.4. The summed E-state index contributed by atoms with van der Waals surface area (Å²) in [5.74, 6) is 1.56. The molecule has 0 atom stereocenters. The Hall–Kier alpha value is -2.89. The Morgan fingerprint density at radius 2 is 0.796 bits per heavy atom. The van der Waals surface area contributed by atoms with E-state index in [4.69, 9.17) is 45.5 Å². The minimum absolute atomic E-state index is 0.501. The van der Waals surface area contributed by atoms with Crippen LogP contribution in [0.5, 0.6) is 11.5 Å². The van der Waals surface area contributed by atoms with Gasteiger partial charge in [-0.3, -0.25) is 0 Å². The van der Waals surface area contributed by atoms with Crippen LogP contribution in [0.3, 0.4) is 0 Å². The van der Waals surface area contributed by atoms with E-state index in [0.717, 1.165) is 80.2 Å². The van der Waals surface area contributed by atoms with Crippen molar-refractivity contribution in [3.05, 3.63) is 71.8 Å². The fourth-order valence-corrected chi connectivity index (χ4v) is 12.1. The average molecular weight is 783 g/mol. The van der Waals surface area contributed by atoms with Gasteiger partial charge in [0, 0.05) is 76.1 Å². The van der Waals surface area contributed by atoms with Gasteiger partial charge in [-0.1, -0.05) is 36.4 Å². The number of hydrogen-bond acceptors (Lipinski definition) is 10. The second kappa shape index (κ2) is 22.6. The van der Waals surface area contributed by atoms with Crippen LogP contribution in [0.15, 0.2) is 60.7 Å². The van der Waals surface area contributed by atoms with Gasteiger partial charge in [0.15, 0.2) is 0 Å². The summed E-state index contributed by atoms with van der Waals surface area (Å²) in [5, 5.41) is 4.33. The van der Waals surface area contributed by atoms with E-state index in [-0.39, 0.29) is 0 Å². The van der Waals surface area contributed by atoms with Gasteiger partial charge in [-0.25, -0.2) is 0 Å². The van der Waals surface area contributed by atoms with Crippen molar-refractivity contribution in [2.24, 2.45) is 0 Å². The molecule has 0 aliphatic carbocycles. The van der Waals surface area contributed by atoms with Gasteiger partial charge in [0.25, 0.3) is 0 Å². The fraction of sp³-hybridized carbons (Fsp3) is 0.524. The molecule has 0 spiro atoms. The third-order valence-electron chi connectivity index (χ3n) is 9.05. The minimum Gasteiger partial charge on any atom is -0.496 e. The molecule has 0 unspecified atom stereocenters. The Balaban J connectivity index is 1.50. The summed E-state index contributed by atoms with van der Waals surface area (Å²) in [4.78, 5) is 0. The van der Waals surface area contributed by atoms with Crippen molar-refractivity contribution in [3.8, 4) is 22.6 Å². The van der Waals surface area contributed by atoms with Crippen LogP contribution in [0, 0.1) is 0 Å². The Morgan fingerprint density at radius 1 is 0.444 bits per heavy atom. The molecule has 0 aromatic heterocycles. The molecular formula is C42H62O10Si2. The van der Waals surface area contributed by atoms with Crippen LogP contribution < -0.4 is 9.47 Å². The van der Waals surface area contributed by atoms with Gasteiger partial charge >= 0.3 is 17.6 Å². The van der Waals surface area contributed by atoms with E-state index in [1.54, 1.807) is 14.2 Å². The topological polar surface area (TPSA) is 92.3 Å². The molecule has 4 aromatic carbocycles. The number of benzene rings is 4. The quantitative estimate of drug-likeness (QED) is 0.0430. The lowest BCUT2D eigenvalue weighted by Crippen LogP contribution is -2.46. The first-order valence-electron chi connectivity index (χ1n) is 19.5. The van der Waals surface area contributed by atoms with Crippen LogP contribution in [0.2, 0.25) is 12.1 Å². The Labute approximate surface area is 325 Å². The van der Waals surface area contributed by atoms with E-state index in [2.05, 4.69) is 48.5 Å². The van der Waals surface area contributed by atoms with Crippen molar-refractivity contribution >= 4 is 39.2 Å². The number of methoxy groups -OCH3 is 2. The van der Waals surface area contributed by atoms with E-state index in [0.29, 0.717) is 66.1 Å². The fourth-order valence-electron chi connectivity index (χ4n) is 6.92. The van der Waals surface area contributed by atoms with E-state index in [1.807, 2.05) is 53.7 Å². The third kappa shape index (κ3) is 11.6. The number of fused-ring (bicyclic) bond motifs is 2. The van der Waals surface area contributed by atoms with E-state index in [1.165, 1.54) is 0 Å². The van der Waals surface area contributed by atoms with Gasteiger partial charge in [-0.15, -0.1) is 0 Å². The molecule has 0 radical (unpaired) electrons. The predicted molar refractivity (Wildman–Crippen MR) is 219 cm³/mol. The van der Waals surface area contributed by atoms with Crippen LogP contribution in [0.4, 0.5) is 0 Å². The van der Waals surface area contributed by atoms with Gasteiger partial charge < -0.3 is 45.5 Å². The molecule has 4 rings (SSSR count). The lowest BCUT2D eigenvalue weighted by molar-refractivity contribution is 0.0641. The molecule has 0 saturated heterocycles. The molecule has 12 heteroatoms. The summed E-state index contributed by atoms with van der Waals surface area (Å²) in [6.45, 7) is 17.5. The first kappa shape index (κ1) is 43.8. The van der Waals surface area contributed by atoms with E-state index in [9.17, 15) is 0 Å². The standard InChI is InChI=1S/C42H62O10Si2/c1-9-47-53(48-10-2,49-11-3)27-15-25-45-31-33-17-21-37-35(29-33)19-23-39(43-7)41(37)42-38-22-18-34(30-36(38)20-24-40(42)44-8)32-46-26-16-28-54(50-12-4,51-13-5)52-14-6/h17-24,29-30H,9-16,25-28,31-32H2,1-8H3. The molecule has 0 amide bonds. The van der Waals surface area contributed by atoms with Crippen LogP contribution >= 0.6 is 0 Å². The molecule has 10 nitrogen and oxygen atoms in total. The van der Waals surface area contributed by atoms with Crippen molar-refractivity contribution < 1.29 is 45.5 Å². The van der Waals surface area contributed by atoms with Crippen molar-refractivity contribution in [1.29, 1.82) is 0 Å². The van der Waals surface area contributed by atoms with Crippen molar-refractivity contribution in [3.63, 3.8) is 0 Å². The van der Waals surface area contributed by atoms with Gasteiger partial charge in [0.05, 0.1) is 27.4 Å². The summed E-state index contributed by atoms with van der Waals surface area (Å²) in [6, 6.07) is 22.7. The predicted octanol–water partition coefficient (Wildman–Crippen LogP) is 9.59. The molecule has 0 aliphatic heterocycles. The molecule has 0 N–H and O–H groups in total. The van der Waals surface area contributed by atoms with Crippen molar-refractivity contribution in [1.82, 2.24) is 0 Å². The van der Waals surface area contributed by atoms with Crippen LogP contribution in [0.25, 0.3) is 32.7 Å². The Bertz CT molecular complexity index is 1560. The third-order valence-corrected chi connectivity index (χ3v) is 15.4.